The number of aromatic nitrogens is 2. The van der Waals surface area contributed by atoms with Crippen molar-refractivity contribution >= 4 is 23.7 Å². The van der Waals surface area contributed by atoms with Crippen molar-refractivity contribution in [1.82, 2.24) is 31.2 Å². The molecule has 0 radical (unpaired) electrons. The Kier molecular flexibility index (Phi) is 7.89. The van der Waals surface area contributed by atoms with Gasteiger partial charge in [0.05, 0.1) is 25.5 Å². The molecule has 0 bridgehead atoms. The van der Waals surface area contributed by atoms with Gasteiger partial charge >= 0.3 is 5.97 Å². The topological polar surface area (TPSA) is 186 Å². The average Bonchev–Trinajstić information content (AvgIpc) is 3.37. The summed E-state index contributed by atoms with van der Waals surface area (Å²) < 4.78 is 0. The molecule has 1 aliphatic heterocycles. The van der Waals surface area contributed by atoms with Crippen molar-refractivity contribution in [3.63, 3.8) is 0 Å². The van der Waals surface area contributed by atoms with Crippen LogP contribution < -0.4 is 21.3 Å². The fraction of sp³-hybridized carbons (Fsp3) is 0.562. The average molecular weight is 396 g/mol. The highest BCUT2D eigenvalue weighted by atomic mass is 16.4. The second-order valence-corrected chi connectivity index (χ2v) is 6.35. The molecule has 3 unspecified atom stereocenters. The van der Waals surface area contributed by atoms with Crippen LogP contribution in [0.2, 0.25) is 0 Å². The molecule has 154 valence electrons. The van der Waals surface area contributed by atoms with Crippen LogP contribution >= 0.6 is 0 Å². The van der Waals surface area contributed by atoms with Crippen LogP contribution in [0.3, 0.4) is 0 Å². The highest BCUT2D eigenvalue weighted by Crippen LogP contribution is 2.05. The van der Waals surface area contributed by atoms with E-state index in [2.05, 4.69) is 31.2 Å². The highest BCUT2D eigenvalue weighted by molar-refractivity contribution is 5.92. The number of carbonyl (C=O) groups excluding carboxylic acids is 3. The van der Waals surface area contributed by atoms with Crippen LogP contribution in [-0.4, -0.2) is 81.7 Å². The Morgan fingerprint density at radius 3 is 2.61 bits per heavy atom. The molecule has 1 fully saturated rings. The number of aromatic amines is 1. The molecule has 2 rings (SSSR count). The molecule has 3 amide bonds. The molecule has 0 saturated carbocycles. The molecule has 1 aromatic heterocycles. The molecule has 12 heteroatoms. The van der Waals surface area contributed by atoms with E-state index < -0.39 is 55.0 Å². The summed E-state index contributed by atoms with van der Waals surface area (Å²) in [5.74, 6) is -3.11. The number of nitrogens with zero attached hydrogens (tertiary/aromatic N) is 1. The smallest absolute Gasteiger partial charge is 0.326 e. The number of hydrogen-bond donors (Lipinski definition) is 7. The van der Waals surface area contributed by atoms with E-state index in [9.17, 15) is 29.4 Å². The van der Waals surface area contributed by atoms with E-state index in [0.29, 0.717) is 18.7 Å². The predicted octanol–water partition coefficient (Wildman–Crippen LogP) is -3.13. The highest BCUT2D eigenvalue weighted by Gasteiger charge is 2.27. The molecular weight excluding hydrogens is 372 g/mol. The fourth-order valence-electron chi connectivity index (χ4n) is 2.73. The molecule has 28 heavy (non-hydrogen) atoms. The van der Waals surface area contributed by atoms with E-state index >= 15 is 0 Å². The Hall–Kier alpha value is -2.99. The summed E-state index contributed by atoms with van der Waals surface area (Å²) in [4.78, 5) is 53.9. The number of carbonyl (C=O) groups is 4. The molecule has 0 aliphatic carbocycles. The minimum absolute atomic E-state index is 0.00126. The zero-order valence-electron chi connectivity index (χ0n) is 15.1. The molecular formula is C16H24N6O6. The van der Waals surface area contributed by atoms with Gasteiger partial charge in [-0.1, -0.05) is 0 Å². The molecule has 2 heterocycles. The maximum atomic E-state index is 12.1. The summed E-state index contributed by atoms with van der Waals surface area (Å²) >= 11 is 0. The van der Waals surface area contributed by atoms with Gasteiger partial charge in [0.15, 0.2) is 0 Å². The van der Waals surface area contributed by atoms with Gasteiger partial charge in [0.1, 0.15) is 12.1 Å². The van der Waals surface area contributed by atoms with Crippen molar-refractivity contribution in [3.05, 3.63) is 18.2 Å². The Labute approximate surface area is 160 Å². The quantitative estimate of drug-likeness (QED) is 0.216. The van der Waals surface area contributed by atoms with E-state index in [4.69, 9.17) is 0 Å². The van der Waals surface area contributed by atoms with Gasteiger partial charge in [0.2, 0.25) is 17.7 Å². The SMILES string of the molecule is O=C(CNC(=O)C(CO)NC(=O)C1CCCN1)NC(Cc1cnc[nH]1)C(=O)O. The second-order valence-electron chi connectivity index (χ2n) is 6.35. The molecule has 12 nitrogen and oxygen atoms in total. The standard InChI is InChI=1S/C16H24N6O6/c23-7-12(22-15(26)10-2-1-3-18-10)14(25)19-6-13(24)21-11(16(27)28)4-9-5-17-8-20-9/h5,8,10-12,18,23H,1-4,6-7H2,(H,17,20)(H,19,25)(H,21,24)(H,22,26)(H,27,28). The lowest BCUT2D eigenvalue weighted by Crippen LogP contribution is -2.54. The van der Waals surface area contributed by atoms with E-state index in [1.807, 2.05) is 0 Å². The summed E-state index contributed by atoms with van der Waals surface area (Å²) in [6.07, 6.45) is 4.31. The van der Waals surface area contributed by atoms with Crippen molar-refractivity contribution < 1.29 is 29.4 Å². The van der Waals surface area contributed by atoms with Crippen molar-refractivity contribution in [2.45, 2.75) is 37.4 Å². The predicted molar refractivity (Wildman–Crippen MR) is 94.9 cm³/mol. The molecule has 1 saturated heterocycles. The summed E-state index contributed by atoms with van der Waals surface area (Å²) in [5, 5.41) is 28.5. The minimum atomic E-state index is -1.24. The van der Waals surface area contributed by atoms with E-state index in [0.717, 1.165) is 6.42 Å². The van der Waals surface area contributed by atoms with Gasteiger partial charge in [-0.2, -0.15) is 0 Å². The van der Waals surface area contributed by atoms with Gasteiger partial charge in [-0.15, -0.1) is 0 Å². The third kappa shape index (κ3) is 6.32. The Morgan fingerprint density at radius 1 is 1.25 bits per heavy atom. The lowest BCUT2D eigenvalue weighted by atomic mass is 10.1. The van der Waals surface area contributed by atoms with Crippen LogP contribution in [0, 0.1) is 0 Å². The zero-order chi connectivity index (χ0) is 20.5. The van der Waals surface area contributed by atoms with Crippen LogP contribution in [0.4, 0.5) is 0 Å². The van der Waals surface area contributed by atoms with Gasteiger partial charge in [-0.25, -0.2) is 9.78 Å². The van der Waals surface area contributed by atoms with Crippen LogP contribution in [0.25, 0.3) is 0 Å². The summed E-state index contributed by atoms with van der Waals surface area (Å²) in [7, 11) is 0. The van der Waals surface area contributed by atoms with Crippen LogP contribution in [0.5, 0.6) is 0 Å². The molecule has 0 aromatic carbocycles. The number of H-pyrrole nitrogens is 1. The lowest BCUT2D eigenvalue weighted by molar-refractivity contribution is -0.141. The Balaban J connectivity index is 1.79. The van der Waals surface area contributed by atoms with Crippen molar-refractivity contribution in [2.24, 2.45) is 0 Å². The van der Waals surface area contributed by atoms with Crippen molar-refractivity contribution in [3.8, 4) is 0 Å². The number of aliphatic hydroxyl groups is 1. The Bertz CT molecular complexity index is 688. The number of carboxylic acids is 1. The maximum absolute atomic E-state index is 12.1. The number of amides is 3. The number of imidazole rings is 1. The third-order valence-corrected chi connectivity index (χ3v) is 4.23. The molecule has 1 aliphatic rings. The first-order chi connectivity index (χ1) is 13.4. The van der Waals surface area contributed by atoms with Crippen molar-refractivity contribution in [1.29, 1.82) is 0 Å². The largest absolute Gasteiger partial charge is 0.480 e. The first-order valence-corrected chi connectivity index (χ1v) is 8.82. The minimum Gasteiger partial charge on any atom is -0.480 e. The normalized spacial score (nSPS) is 18.1. The summed E-state index contributed by atoms with van der Waals surface area (Å²) in [6.45, 7) is -0.430. The molecule has 0 spiro atoms. The number of hydrogen-bond acceptors (Lipinski definition) is 7. The van der Waals surface area contributed by atoms with Crippen LogP contribution in [0.1, 0.15) is 18.5 Å². The summed E-state index contributed by atoms with van der Waals surface area (Å²) in [5.41, 5.74) is 0.528. The number of aliphatic carboxylic acids is 1. The van der Waals surface area contributed by atoms with Gasteiger partial charge in [0.25, 0.3) is 0 Å². The van der Waals surface area contributed by atoms with Gasteiger partial charge < -0.3 is 36.5 Å². The van der Waals surface area contributed by atoms with Gasteiger partial charge in [0, 0.05) is 18.3 Å². The number of nitrogens with one attached hydrogen (secondary N) is 5. The maximum Gasteiger partial charge on any atom is 0.326 e. The summed E-state index contributed by atoms with van der Waals surface area (Å²) in [6, 6.07) is -2.82. The van der Waals surface area contributed by atoms with Crippen LogP contribution in [0.15, 0.2) is 12.5 Å². The van der Waals surface area contributed by atoms with Gasteiger partial charge in [-0.05, 0) is 19.4 Å². The van der Waals surface area contributed by atoms with Gasteiger partial charge in [-0.3, -0.25) is 14.4 Å². The first-order valence-electron chi connectivity index (χ1n) is 8.82. The van der Waals surface area contributed by atoms with E-state index in [-0.39, 0.29) is 6.42 Å². The lowest BCUT2D eigenvalue weighted by Gasteiger charge is -2.19. The van der Waals surface area contributed by atoms with Crippen LogP contribution in [-0.2, 0) is 25.6 Å². The van der Waals surface area contributed by atoms with E-state index in [1.54, 1.807) is 0 Å². The second kappa shape index (κ2) is 10.4. The third-order valence-electron chi connectivity index (χ3n) is 4.23. The fourth-order valence-corrected chi connectivity index (χ4v) is 2.73. The molecule has 1 aromatic rings. The number of aliphatic hydroxyl groups excluding tert-OH is 1. The molecule has 7 N–H and O–H groups in total. The number of carboxylic acid groups (broad SMARTS) is 1. The zero-order valence-corrected chi connectivity index (χ0v) is 15.1. The monoisotopic (exact) mass is 396 g/mol. The van der Waals surface area contributed by atoms with E-state index in [1.165, 1.54) is 12.5 Å². The number of rotatable bonds is 10. The Morgan fingerprint density at radius 2 is 2.04 bits per heavy atom. The first kappa shape index (κ1) is 21.3. The molecule has 3 atom stereocenters. The van der Waals surface area contributed by atoms with Crippen molar-refractivity contribution in [2.75, 3.05) is 19.7 Å².